The lowest BCUT2D eigenvalue weighted by atomic mass is 9.81. The molecule has 2 heteroatoms. The molecule has 1 unspecified atom stereocenters. The van der Waals surface area contributed by atoms with E-state index >= 15 is 0 Å². The fourth-order valence-corrected chi connectivity index (χ4v) is 2.60. The van der Waals surface area contributed by atoms with Crippen molar-refractivity contribution >= 4 is 0 Å². The molecular formula is C13H24O2. The summed E-state index contributed by atoms with van der Waals surface area (Å²) < 4.78 is 11.4. The van der Waals surface area contributed by atoms with E-state index in [2.05, 4.69) is 6.92 Å². The van der Waals surface area contributed by atoms with E-state index < -0.39 is 0 Å². The first-order valence-corrected chi connectivity index (χ1v) is 6.60. The fourth-order valence-electron chi connectivity index (χ4n) is 2.60. The molecule has 1 saturated heterocycles. The van der Waals surface area contributed by atoms with E-state index in [1.807, 2.05) is 0 Å². The van der Waals surface area contributed by atoms with Crippen molar-refractivity contribution in [3.63, 3.8) is 0 Å². The number of rotatable bonds is 6. The van der Waals surface area contributed by atoms with Gasteiger partial charge >= 0.3 is 0 Å². The van der Waals surface area contributed by atoms with Crippen LogP contribution in [-0.2, 0) is 9.47 Å². The average molecular weight is 212 g/mol. The minimum Gasteiger partial charge on any atom is -0.372 e. The van der Waals surface area contributed by atoms with E-state index in [0.717, 1.165) is 13.2 Å². The van der Waals surface area contributed by atoms with Gasteiger partial charge in [-0.25, -0.2) is 0 Å². The molecular weight excluding hydrogens is 188 g/mol. The first-order valence-electron chi connectivity index (χ1n) is 6.60. The largest absolute Gasteiger partial charge is 0.372 e. The van der Waals surface area contributed by atoms with E-state index in [0.29, 0.717) is 6.10 Å². The van der Waals surface area contributed by atoms with Crippen LogP contribution in [0.5, 0.6) is 0 Å². The van der Waals surface area contributed by atoms with Crippen LogP contribution in [-0.4, -0.2) is 24.9 Å². The second-order valence-electron chi connectivity index (χ2n) is 5.11. The van der Waals surface area contributed by atoms with Crippen molar-refractivity contribution in [3.05, 3.63) is 0 Å². The molecule has 0 spiro atoms. The molecule has 0 aromatic heterocycles. The van der Waals surface area contributed by atoms with Crippen molar-refractivity contribution < 1.29 is 9.47 Å². The Morgan fingerprint density at radius 3 is 2.60 bits per heavy atom. The normalized spacial score (nSPS) is 29.0. The van der Waals surface area contributed by atoms with Crippen LogP contribution in [0, 0.1) is 0 Å². The van der Waals surface area contributed by atoms with E-state index in [1.54, 1.807) is 0 Å². The summed E-state index contributed by atoms with van der Waals surface area (Å²) in [6, 6.07) is 0. The molecule has 0 N–H and O–H groups in total. The van der Waals surface area contributed by atoms with Crippen molar-refractivity contribution in [2.24, 2.45) is 0 Å². The highest BCUT2D eigenvalue weighted by Crippen LogP contribution is 2.36. The minimum absolute atomic E-state index is 0.222. The third kappa shape index (κ3) is 3.46. The number of epoxide rings is 1. The molecule has 0 amide bonds. The molecule has 1 aliphatic heterocycles. The summed E-state index contributed by atoms with van der Waals surface area (Å²) in [5.41, 5.74) is 0.222. The van der Waals surface area contributed by atoms with Gasteiger partial charge in [-0.1, -0.05) is 39.0 Å². The van der Waals surface area contributed by atoms with Crippen LogP contribution in [0.3, 0.4) is 0 Å². The van der Waals surface area contributed by atoms with Crippen LogP contribution >= 0.6 is 0 Å². The Bertz CT molecular complexity index is 181. The number of hydrogen-bond donors (Lipinski definition) is 0. The predicted molar refractivity (Wildman–Crippen MR) is 61.0 cm³/mol. The molecule has 2 nitrogen and oxygen atoms in total. The molecule has 0 bridgehead atoms. The lowest BCUT2D eigenvalue weighted by Crippen LogP contribution is -2.36. The highest BCUT2D eigenvalue weighted by Gasteiger charge is 2.34. The Morgan fingerprint density at radius 1 is 1.27 bits per heavy atom. The van der Waals surface area contributed by atoms with Crippen LogP contribution in [0.1, 0.15) is 58.3 Å². The second kappa shape index (κ2) is 5.31. The summed E-state index contributed by atoms with van der Waals surface area (Å²) in [4.78, 5) is 0. The van der Waals surface area contributed by atoms with Gasteiger partial charge in [-0.05, 0) is 19.3 Å². The third-order valence-corrected chi connectivity index (χ3v) is 3.73. The highest BCUT2D eigenvalue weighted by atomic mass is 16.6. The molecule has 1 atom stereocenters. The summed E-state index contributed by atoms with van der Waals surface area (Å²) in [5, 5.41) is 0. The Kier molecular flexibility index (Phi) is 4.04. The van der Waals surface area contributed by atoms with E-state index in [4.69, 9.17) is 9.47 Å². The van der Waals surface area contributed by atoms with Crippen LogP contribution in [0.2, 0.25) is 0 Å². The number of hydrogen-bond acceptors (Lipinski definition) is 2. The summed E-state index contributed by atoms with van der Waals surface area (Å²) in [6.45, 7) is 4.02. The van der Waals surface area contributed by atoms with Gasteiger partial charge in [0, 0.05) is 0 Å². The Hall–Kier alpha value is -0.0800. The maximum absolute atomic E-state index is 6.17. The van der Waals surface area contributed by atoms with Crippen molar-refractivity contribution in [3.8, 4) is 0 Å². The van der Waals surface area contributed by atoms with Gasteiger partial charge in [0.05, 0.1) is 18.8 Å². The summed E-state index contributed by atoms with van der Waals surface area (Å²) >= 11 is 0. The molecule has 0 aromatic rings. The van der Waals surface area contributed by atoms with Gasteiger partial charge in [-0.15, -0.1) is 0 Å². The lowest BCUT2D eigenvalue weighted by molar-refractivity contribution is -0.0813. The van der Waals surface area contributed by atoms with Gasteiger partial charge < -0.3 is 9.47 Å². The summed E-state index contributed by atoms with van der Waals surface area (Å²) in [7, 11) is 0. The van der Waals surface area contributed by atoms with Crippen molar-refractivity contribution in [2.75, 3.05) is 13.2 Å². The summed E-state index contributed by atoms with van der Waals surface area (Å²) in [6.07, 6.45) is 10.9. The molecule has 1 saturated carbocycles. The molecule has 88 valence electrons. The van der Waals surface area contributed by atoms with E-state index in [1.165, 1.54) is 51.4 Å². The summed E-state index contributed by atoms with van der Waals surface area (Å²) in [5.74, 6) is 0. The zero-order chi connectivity index (χ0) is 10.6. The number of unbranched alkanes of at least 4 members (excludes halogenated alkanes) is 1. The zero-order valence-corrected chi connectivity index (χ0v) is 9.96. The quantitative estimate of drug-likeness (QED) is 0.630. The zero-order valence-electron chi connectivity index (χ0n) is 9.96. The first kappa shape index (κ1) is 11.4. The van der Waals surface area contributed by atoms with Crippen molar-refractivity contribution in [1.82, 2.24) is 0 Å². The molecule has 1 heterocycles. The monoisotopic (exact) mass is 212 g/mol. The SMILES string of the molecule is CCCCC1(OCC2CO2)CCCCC1. The smallest absolute Gasteiger partial charge is 0.104 e. The molecule has 2 fully saturated rings. The standard InChI is InChI=1S/C13H24O2/c1-2-3-7-13(8-5-4-6-9-13)15-11-12-10-14-12/h12H,2-11H2,1H3. The average Bonchev–Trinajstić information content (AvgIpc) is 3.09. The van der Waals surface area contributed by atoms with Crippen LogP contribution < -0.4 is 0 Å². The van der Waals surface area contributed by atoms with Gasteiger partial charge in [0.1, 0.15) is 6.10 Å². The van der Waals surface area contributed by atoms with Gasteiger partial charge in [0.2, 0.25) is 0 Å². The van der Waals surface area contributed by atoms with Crippen molar-refractivity contribution in [1.29, 1.82) is 0 Å². The van der Waals surface area contributed by atoms with Gasteiger partial charge in [0.25, 0.3) is 0 Å². The highest BCUT2D eigenvalue weighted by molar-refractivity contribution is 4.85. The topological polar surface area (TPSA) is 21.8 Å². The van der Waals surface area contributed by atoms with E-state index in [-0.39, 0.29) is 5.60 Å². The molecule has 15 heavy (non-hydrogen) atoms. The molecule has 0 radical (unpaired) electrons. The lowest BCUT2D eigenvalue weighted by Gasteiger charge is -2.37. The minimum atomic E-state index is 0.222. The fraction of sp³-hybridized carbons (Fsp3) is 1.00. The first-order chi connectivity index (χ1) is 7.35. The molecule has 0 aromatic carbocycles. The van der Waals surface area contributed by atoms with Crippen LogP contribution in [0.15, 0.2) is 0 Å². The maximum atomic E-state index is 6.17. The second-order valence-corrected chi connectivity index (χ2v) is 5.11. The van der Waals surface area contributed by atoms with Crippen molar-refractivity contribution in [2.45, 2.75) is 70.0 Å². The van der Waals surface area contributed by atoms with Crippen LogP contribution in [0.4, 0.5) is 0 Å². The Morgan fingerprint density at radius 2 is 2.00 bits per heavy atom. The third-order valence-electron chi connectivity index (χ3n) is 3.73. The molecule has 2 aliphatic rings. The van der Waals surface area contributed by atoms with Gasteiger partial charge in [-0.3, -0.25) is 0 Å². The Balaban J connectivity index is 1.80. The molecule has 2 rings (SSSR count). The number of ether oxygens (including phenoxy) is 2. The molecule has 1 aliphatic carbocycles. The van der Waals surface area contributed by atoms with E-state index in [9.17, 15) is 0 Å². The Labute approximate surface area is 93.3 Å². The van der Waals surface area contributed by atoms with Crippen LogP contribution in [0.25, 0.3) is 0 Å². The maximum Gasteiger partial charge on any atom is 0.104 e. The van der Waals surface area contributed by atoms with Gasteiger partial charge in [0.15, 0.2) is 0 Å². The van der Waals surface area contributed by atoms with Gasteiger partial charge in [-0.2, -0.15) is 0 Å². The predicted octanol–water partition coefficient (Wildman–Crippen LogP) is 3.29.